The Bertz CT molecular complexity index is 2280. The topological polar surface area (TPSA) is 0 Å². The zero-order chi connectivity index (χ0) is 42.9. The molecule has 0 aliphatic heterocycles. The summed E-state index contributed by atoms with van der Waals surface area (Å²) in [6, 6.07) is 42.3. The van der Waals surface area contributed by atoms with Crippen LogP contribution in [0.2, 0.25) is 0 Å². The van der Waals surface area contributed by atoms with Crippen molar-refractivity contribution >= 4 is 53.2 Å². The van der Waals surface area contributed by atoms with E-state index < -0.39 is 0 Å². The van der Waals surface area contributed by atoms with Crippen molar-refractivity contribution in [2.75, 3.05) is 0 Å². The second-order valence-corrected chi connectivity index (χ2v) is 23.6. The predicted octanol–water partition coefficient (Wildman–Crippen LogP) is 17.6. The molecule has 14 rings (SSSR count). The average molecular weight is 1010 g/mol. The molecule has 0 nitrogen and oxygen atoms in total. The van der Waals surface area contributed by atoms with Crippen LogP contribution in [0.4, 0.5) is 0 Å². The molecule has 0 saturated heterocycles. The van der Waals surface area contributed by atoms with Crippen LogP contribution in [0, 0.1) is 74.0 Å². The molecule has 8 saturated carbocycles. The molecule has 0 unspecified atom stereocenters. The molecule has 8 aliphatic rings. The van der Waals surface area contributed by atoms with Crippen molar-refractivity contribution in [2.45, 2.75) is 129 Å². The van der Waals surface area contributed by atoms with E-state index in [2.05, 4.69) is 158 Å². The van der Waals surface area contributed by atoms with Crippen LogP contribution in [0.1, 0.15) is 128 Å². The Morgan fingerprint density at radius 1 is 0.455 bits per heavy atom. The van der Waals surface area contributed by atoms with Crippen molar-refractivity contribution in [3.05, 3.63) is 146 Å². The van der Waals surface area contributed by atoms with Crippen LogP contribution >= 0.6 is 24.8 Å². The van der Waals surface area contributed by atoms with Gasteiger partial charge in [0, 0.05) is 0 Å². The maximum absolute atomic E-state index is 3.06. The summed E-state index contributed by atoms with van der Waals surface area (Å²) in [4.78, 5) is 0. The van der Waals surface area contributed by atoms with Gasteiger partial charge in [0.05, 0.1) is 0 Å². The Labute approximate surface area is 430 Å². The molecule has 0 amide bonds. The fraction of sp³-hybridized carbons (Fsp3) is 0.484. The third kappa shape index (κ3) is 10.7. The van der Waals surface area contributed by atoms with Crippen LogP contribution in [0.3, 0.4) is 0 Å². The van der Waals surface area contributed by atoms with E-state index in [1.54, 1.807) is 24.0 Å². The van der Waals surface area contributed by atoms with Crippen molar-refractivity contribution in [3.8, 4) is 22.3 Å². The molecule has 0 atom stereocenters. The Morgan fingerprint density at radius 3 is 1.05 bits per heavy atom. The molecule has 2 radical (unpaired) electrons. The summed E-state index contributed by atoms with van der Waals surface area (Å²) in [7, 11) is 0. The minimum absolute atomic E-state index is 0. The van der Waals surface area contributed by atoms with E-state index in [0.29, 0.717) is 0 Å². The fourth-order valence-corrected chi connectivity index (χ4v) is 14.9. The number of halogens is 2. The molecular weight excluding hydrogens is 935 g/mol. The van der Waals surface area contributed by atoms with Gasteiger partial charge in [-0.25, -0.2) is 0 Å². The van der Waals surface area contributed by atoms with Gasteiger partial charge in [0.25, 0.3) is 0 Å². The standard InChI is InChI=1S/2C30H35.2CH3.2ClH.Si.Zr/c2*1-30(2,3)26-9-7-22(8-10-26)27-6-4-5-23-12-21(18-29(23)27)17-28-24-13-19-11-20(15-24)16-25(28)14-19;;;;;;/h2*4-10,12,18-20,24-25,28H,11,13-17H2,1-3H3;2*1H3;2*1H;;/q4*-1;;;;. The normalized spacial score (nSPS) is 27.6. The van der Waals surface area contributed by atoms with Gasteiger partial charge < -0.3 is 14.9 Å². The van der Waals surface area contributed by atoms with Crippen molar-refractivity contribution in [1.29, 1.82) is 0 Å². The first-order valence-corrected chi connectivity index (χ1v) is 28.9. The van der Waals surface area contributed by atoms with Gasteiger partial charge in [0.2, 0.25) is 0 Å². The van der Waals surface area contributed by atoms with Crippen molar-refractivity contribution in [3.63, 3.8) is 0 Å². The van der Waals surface area contributed by atoms with Crippen LogP contribution in [-0.4, -0.2) is 6.88 Å². The molecule has 8 fully saturated rings. The summed E-state index contributed by atoms with van der Waals surface area (Å²) in [6.07, 6.45) is 18.0. The summed E-state index contributed by atoms with van der Waals surface area (Å²) in [6.45, 7) is 16.8. The van der Waals surface area contributed by atoms with Gasteiger partial charge in [0.1, 0.15) is 0 Å². The first-order chi connectivity index (χ1) is 29.9. The third-order valence-electron chi connectivity index (χ3n) is 17.5. The van der Waals surface area contributed by atoms with Crippen molar-refractivity contribution in [2.24, 2.45) is 59.2 Å². The molecule has 6 aromatic rings. The second-order valence-electron chi connectivity index (χ2n) is 23.6. The van der Waals surface area contributed by atoms with Gasteiger partial charge in [-0.3, -0.25) is 0 Å². The summed E-state index contributed by atoms with van der Waals surface area (Å²) in [5.41, 5.74) is 11.9. The minimum atomic E-state index is 0. The molecule has 0 aromatic heterocycles. The first-order valence-electron chi connectivity index (χ1n) is 24.7. The van der Waals surface area contributed by atoms with E-state index in [1.165, 1.54) is 142 Å². The Morgan fingerprint density at radius 2 is 0.758 bits per heavy atom. The average Bonchev–Trinajstić information content (AvgIpc) is 3.87. The van der Waals surface area contributed by atoms with Crippen LogP contribution in [0.5, 0.6) is 0 Å². The van der Waals surface area contributed by atoms with Gasteiger partial charge in [-0.15, -0.1) is 93.9 Å². The molecular formula is C62H78Cl2SiZr-4. The summed E-state index contributed by atoms with van der Waals surface area (Å²) in [5, 5.41) is 5.73. The van der Waals surface area contributed by atoms with E-state index in [-0.39, 0.29) is 50.5 Å². The summed E-state index contributed by atoms with van der Waals surface area (Å²) >= 11 is 1.36. The number of benzene rings is 4. The third-order valence-corrected chi connectivity index (χ3v) is 17.5. The molecule has 0 heterocycles. The van der Waals surface area contributed by atoms with Crippen LogP contribution in [0.15, 0.2) is 109 Å². The SMILES string of the molecule is CC(C)(C)c1ccc(-c2cccc3[cH-]c(CC4C5CC6CC(C5)CC4C6)cc23)cc1.CC(C)(C)c1ccc(-c2cccc3[cH-]c(CC4C5CC6CC(C5)CC4C6)cc23)cc1.Cl.Cl.[CH3-].[CH3-].[Si]=[Zr]. The zero-order valence-electron chi connectivity index (χ0n) is 41.5. The number of fused-ring (bicyclic) bond motifs is 2. The fourth-order valence-electron chi connectivity index (χ4n) is 14.9. The predicted molar refractivity (Wildman–Crippen MR) is 289 cm³/mol. The molecule has 8 bridgehead atoms. The van der Waals surface area contributed by atoms with Gasteiger partial charge in [-0.05, 0) is 169 Å². The molecule has 0 spiro atoms. The Hall–Kier alpha value is -2.22. The molecule has 0 N–H and O–H groups in total. The summed E-state index contributed by atoms with van der Waals surface area (Å²) < 4.78 is 0. The van der Waals surface area contributed by atoms with Crippen molar-refractivity contribution < 1.29 is 23.3 Å². The number of hydrogen-bond donors (Lipinski definition) is 0. The monoisotopic (exact) mass is 1010 g/mol. The van der Waals surface area contributed by atoms with E-state index in [1.807, 2.05) is 0 Å². The van der Waals surface area contributed by atoms with E-state index >= 15 is 0 Å². The van der Waals surface area contributed by atoms with Crippen LogP contribution in [-0.2, 0) is 47.0 Å². The Balaban J connectivity index is 0.000000199. The molecule has 352 valence electrons. The molecule has 66 heavy (non-hydrogen) atoms. The summed E-state index contributed by atoms with van der Waals surface area (Å²) in [5.74, 6) is 10.3. The van der Waals surface area contributed by atoms with Gasteiger partial charge in [-0.1, -0.05) is 113 Å². The first kappa shape index (κ1) is 53.1. The molecule has 4 heteroatoms. The Kier molecular flexibility index (Phi) is 17.2. The zero-order valence-corrected chi connectivity index (χ0v) is 46.6. The van der Waals surface area contributed by atoms with E-state index in [0.717, 1.165) is 59.2 Å². The second kappa shape index (κ2) is 21.4. The van der Waals surface area contributed by atoms with Crippen LogP contribution in [0.25, 0.3) is 43.8 Å². The molecule has 6 aromatic carbocycles. The van der Waals surface area contributed by atoms with E-state index in [9.17, 15) is 0 Å². The number of rotatable bonds is 6. The van der Waals surface area contributed by atoms with Gasteiger partial charge in [0.15, 0.2) is 0 Å². The maximum atomic E-state index is 3.06. The van der Waals surface area contributed by atoms with Gasteiger partial charge in [-0.2, -0.15) is 12.1 Å². The molecule has 8 aliphatic carbocycles. The quantitative estimate of drug-likeness (QED) is 0.115. The van der Waals surface area contributed by atoms with E-state index in [4.69, 9.17) is 0 Å². The van der Waals surface area contributed by atoms with Crippen molar-refractivity contribution in [1.82, 2.24) is 0 Å². The van der Waals surface area contributed by atoms with Crippen LogP contribution < -0.4 is 0 Å². The van der Waals surface area contributed by atoms with Gasteiger partial charge >= 0.3 is 30.2 Å². The number of hydrogen-bond acceptors (Lipinski definition) is 0.